The molecular weight excluding hydrogens is 378 g/mol. The number of oxazole rings is 1. The average molecular weight is 392 g/mol. The molecule has 0 fully saturated rings. The fourth-order valence-electron chi connectivity index (χ4n) is 2.08. The third-order valence-corrected chi connectivity index (χ3v) is 4.82. The summed E-state index contributed by atoms with van der Waals surface area (Å²) in [6.45, 7) is 2.06. The molecule has 3 rings (SSSR count). The van der Waals surface area contributed by atoms with E-state index in [4.69, 9.17) is 9.15 Å². The number of carbonyl (C=O) groups is 1. The maximum absolute atomic E-state index is 11.9. The minimum absolute atomic E-state index is 0.0490. The SMILES string of the molecule is Cc1cc(Br)ccc1SCC(=O)OCc1nc2ccccc2o1. The lowest BCUT2D eigenvalue weighted by atomic mass is 10.2. The van der Waals surface area contributed by atoms with Crippen LogP contribution in [0.2, 0.25) is 0 Å². The number of esters is 1. The highest BCUT2D eigenvalue weighted by Gasteiger charge is 2.10. The number of hydrogen-bond acceptors (Lipinski definition) is 5. The van der Waals surface area contributed by atoms with Crippen LogP contribution < -0.4 is 0 Å². The number of thioether (sulfide) groups is 1. The second-order valence-electron chi connectivity index (χ2n) is 4.93. The van der Waals surface area contributed by atoms with Crippen molar-refractivity contribution in [3.63, 3.8) is 0 Å². The molecule has 0 N–H and O–H groups in total. The van der Waals surface area contributed by atoms with Gasteiger partial charge < -0.3 is 9.15 Å². The lowest BCUT2D eigenvalue weighted by molar-refractivity contribution is -0.142. The standard InChI is InChI=1S/C17H14BrNO3S/c1-11-8-12(18)6-7-15(11)23-10-17(20)21-9-16-19-13-4-2-3-5-14(13)22-16/h2-8H,9-10H2,1H3. The zero-order valence-corrected chi connectivity index (χ0v) is 14.8. The van der Waals surface area contributed by atoms with Crippen molar-refractivity contribution in [3.05, 3.63) is 58.4 Å². The number of nitrogens with zero attached hydrogens (tertiary/aromatic N) is 1. The Kier molecular flexibility index (Phi) is 5.03. The highest BCUT2D eigenvalue weighted by molar-refractivity contribution is 9.10. The predicted octanol–water partition coefficient (Wildman–Crippen LogP) is 4.73. The molecule has 0 amide bonds. The number of ether oxygens (including phenoxy) is 1. The molecule has 0 saturated carbocycles. The van der Waals surface area contributed by atoms with E-state index in [1.165, 1.54) is 11.8 Å². The summed E-state index contributed by atoms with van der Waals surface area (Å²) in [6.07, 6.45) is 0. The Bertz CT molecular complexity index is 814. The van der Waals surface area contributed by atoms with E-state index < -0.39 is 0 Å². The van der Waals surface area contributed by atoms with E-state index in [9.17, 15) is 4.79 Å². The second-order valence-corrected chi connectivity index (χ2v) is 6.87. The third kappa shape index (κ3) is 4.14. The van der Waals surface area contributed by atoms with E-state index in [1.54, 1.807) is 0 Å². The number of hydrogen-bond donors (Lipinski definition) is 0. The number of aryl methyl sites for hydroxylation is 1. The van der Waals surface area contributed by atoms with E-state index in [2.05, 4.69) is 20.9 Å². The van der Waals surface area contributed by atoms with Crippen LogP contribution in [0.5, 0.6) is 0 Å². The summed E-state index contributed by atoms with van der Waals surface area (Å²) in [6, 6.07) is 13.4. The predicted molar refractivity (Wildman–Crippen MR) is 93.4 cm³/mol. The first-order chi connectivity index (χ1) is 11.1. The second kappa shape index (κ2) is 7.19. The Morgan fingerprint density at radius 2 is 2.13 bits per heavy atom. The van der Waals surface area contributed by atoms with E-state index >= 15 is 0 Å². The van der Waals surface area contributed by atoms with Crippen molar-refractivity contribution in [2.24, 2.45) is 0 Å². The highest BCUT2D eigenvalue weighted by atomic mass is 79.9. The van der Waals surface area contributed by atoms with Crippen LogP contribution in [0.3, 0.4) is 0 Å². The zero-order valence-electron chi connectivity index (χ0n) is 12.4. The first-order valence-corrected chi connectivity index (χ1v) is 8.79. The van der Waals surface area contributed by atoms with Gasteiger partial charge in [-0.15, -0.1) is 11.8 Å². The first kappa shape index (κ1) is 16.1. The fraction of sp³-hybridized carbons (Fsp3) is 0.176. The Balaban J connectivity index is 1.53. The van der Waals surface area contributed by atoms with Crippen molar-refractivity contribution < 1.29 is 13.9 Å². The molecule has 0 unspecified atom stereocenters. The minimum Gasteiger partial charge on any atom is -0.455 e. The Morgan fingerprint density at radius 3 is 2.91 bits per heavy atom. The molecule has 0 aliphatic rings. The Labute approximate surface area is 146 Å². The van der Waals surface area contributed by atoms with Crippen LogP contribution in [0.1, 0.15) is 11.5 Å². The lowest BCUT2D eigenvalue weighted by Gasteiger charge is -2.06. The van der Waals surface area contributed by atoms with Crippen LogP contribution in [-0.2, 0) is 16.1 Å². The molecule has 6 heteroatoms. The maximum atomic E-state index is 11.9. The van der Waals surface area contributed by atoms with Crippen LogP contribution in [0.4, 0.5) is 0 Å². The number of carbonyl (C=O) groups excluding carboxylic acids is 1. The number of rotatable bonds is 5. The maximum Gasteiger partial charge on any atom is 0.316 e. The van der Waals surface area contributed by atoms with Crippen molar-refractivity contribution in [1.82, 2.24) is 4.98 Å². The molecule has 1 aromatic heterocycles. The zero-order chi connectivity index (χ0) is 16.2. The summed E-state index contributed by atoms with van der Waals surface area (Å²) in [5.41, 5.74) is 2.58. The molecule has 2 aromatic carbocycles. The van der Waals surface area contributed by atoms with Crippen LogP contribution in [0, 0.1) is 6.92 Å². The number of halogens is 1. The van der Waals surface area contributed by atoms with Gasteiger partial charge in [0.15, 0.2) is 12.2 Å². The molecule has 118 valence electrons. The van der Waals surface area contributed by atoms with E-state index in [0.29, 0.717) is 11.5 Å². The summed E-state index contributed by atoms with van der Waals surface area (Å²) in [7, 11) is 0. The highest BCUT2D eigenvalue weighted by Crippen LogP contribution is 2.25. The van der Waals surface area contributed by atoms with Crippen molar-refractivity contribution >= 4 is 44.8 Å². The van der Waals surface area contributed by atoms with Gasteiger partial charge in [0.05, 0.1) is 5.75 Å². The van der Waals surface area contributed by atoms with Gasteiger partial charge in [-0.2, -0.15) is 0 Å². The summed E-state index contributed by atoms with van der Waals surface area (Å²) in [5, 5.41) is 0. The van der Waals surface area contributed by atoms with Crippen LogP contribution in [0.25, 0.3) is 11.1 Å². The van der Waals surface area contributed by atoms with Gasteiger partial charge in [-0.3, -0.25) is 4.79 Å². The molecule has 0 bridgehead atoms. The first-order valence-electron chi connectivity index (χ1n) is 7.01. The number of para-hydroxylation sites is 2. The van der Waals surface area contributed by atoms with Gasteiger partial charge >= 0.3 is 5.97 Å². The molecular formula is C17H14BrNO3S. The largest absolute Gasteiger partial charge is 0.455 e. The smallest absolute Gasteiger partial charge is 0.316 e. The molecule has 4 nitrogen and oxygen atoms in total. The van der Waals surface area contributed by atoms with E-state index in [-0.39, 0.29) is 18.3 Å². The molecule has 0 atom stereocenters. The lowest BCUT2D eigenvalue weighted by Crippen LogP contribution is -2.07. The Morgan fingerprint density at radius 1 is 1.30 bits per heavy atom. The summed E-state index contributed by atoms with van der Waals surface area (Å²) in [5.74, 6) is 0.367. The van der Waals surface area contributed by atoms with Crippen molar-refractivity contribution in [2.75, 3.05) is 5.75 Å². The summed E-state index contributed by atoms with van der Waals surface area (Å²) >= 11 is 4.88. The molecule has 0 aliphatic carbocycles. The fourth-order valence-corrected chi connectivity index (χ4v) is 3.36. The molecule has 23 heavy (non-hydrogen) atoms. The van der Waals surface area contributed by atoms with Crippen molar-refractivity contribution in [1.29, 1.82) is 0 Å². The average Bonchev–Trinajstić information content (AvgIpc) is 2.95. The number of fused-ring (bicyclic) bond motifs is 1. The normalized spacial score (nSPS) is 10.9. The number of benzene rings is 2. The van der Waals surface area contributed by atoms with Crippen molar-refractivity contribution in [2.45, 2.75) is 18.4 Å². The topological polar surface area (TPSA) is 52.3 Å². The molecule has 3 aromatic rings. The van der Waals surface area contributed by atoms with Gasteiger partial charge in [-0.25, -0.2) is 4.98 Å². The molecule has 0 aliphatic heterocycles. The molecule has 0 saturated heterocycles. The van der Waals surface area contributed by atoms with E-state index in [1.807, 2.05) is 49.4 Å². The summed E-state index contributed by atoms with van der Waals surface area (Å²) in [4.78, 5) is 17.2. The van der Waals surface area contributed by atoms with Gasteiger partial charge in [0, 0.05) is 9.37 Å². The van der Waals surface area contributed by atoms with Crippen LogP contribution in [0.15, 0.2) is 56.2 Å². The van der Waals surface area contributed by atoms with Crippen molar-refractivity contribution in [3.8, 4) is 0 Å². The quantitative estimate of drug-likeness (QED) is 0.464. The molecule has 0 spiro atoms. The van der Waals surface area contributed by atoms with Crippen LogP contribution >= 0.6 is 27.7 Å². The summed E-state index contributed by atoms with van der Waals surface area (Å²) < 4.78 is 11.8. The van der Waals surface area contributed by atoms with E-state index in [0.717, 1.165) is 20.4 Å². The molecule has 0 radical (unpaired) electrons. The van der Waals surface area contributed by atoms with Gasteiger partial charge in [0.1, 0.15) is 5.52 Å². The minimum atomic E-state index is -0.292. The Hall–Kier alpha value is -1.79. The van der Waals surface area contributed by atoms with Gasteiger partial charge in [-0.05, 0) is 42.8 Å². The van der Waals surface area contributed by atoms with Gasteiger partial charge in [0.25, 0.3) is 0 Å². The monoisotopic (exact) mass is 391 g/mol. The molecule has 1 heterocycles. The van der Waals surface area contributed by atoms with Gasteiger partial charge in [-0.1, -0.05) is 28.1 Å². The number of aromatic nitrogens is 1. The van der Waals surface area contributed by atoms with Crippen LogP contribution in [-0.4, -0.2) is 16.7 Å². The third-order valence-electron chi connectivity index (χ3n) is 3.18. The van der Waals surface area contributed by atoms with Gasteiger partial charge in [0.2, 0.25) is 5.89 Å².